The molecule has 1 aliphatic heterocycles. The van der Waals surface area contributed by atoms with Gasteiger partial charge in [-0.25, -0.2) is 0 Å². The Morgan fingerprint density at radius 1 is 1.27 bits per heavy atom. The Morgan fingerprint density at radius 2 is 1.87 bits per heavy atom. The molecule has 1 fully saturated rings. The molecule has 1 aliphatic rings. The lowest BCUT2D eigenvalue weighted by Crippen LogP contribution is -2.47. The molecule has 0 aromatic rings. The van der Waals surface area contributed by atoms with Gasteiger partial charge < -0.3 is 15.0 Å². The van der Waals surface area contributed by atoms with Crippen molar-refractivity contribution in [1.29, 1.82) is 0 Å². The molecule has 0 saturated carbocycles. The maximum Gasteiger partial charge on any atom is 0.0472 e. The summed E-state index contributed by atoms with van der Waals surface area (Å²) in [6, 6.07) is 0.576. The molecule has 0 bridgehead atoms. The number of nitrogens with zero attached hydrogens (tertiary/aromatic N) is 1. The second-order valence-corrected chi connectivity index (χ2v) is 5.39. The Balaban J connectivity index is 2.50. The predicted molar refractivity (Wildman–Crippen MR) is 64.2 cm³/mol. The smallest absolute Gasteiger partial charge is 0.0472 e. The summed E-state index contributed by atoms with van der Waals surface area (Å²) in [5.74, 6) is 0. The van der Waals surface area contributed by atoms with Crippen molar-refractivity contribution in [1.82, 2.24) is 10.2 Å². The van der Waals surface area contributed by atoms with Gasteiger partial charge in [-0.05, 0) is 32.4 Å². The first-order valence-electron chi connectivity index (χ1n) is 6.00. The van der Waals surface area contributed by atoms with Gasteiger partial charge in [0, 0.05) is 32.3 Å². The van der Waals surface area contributed by atoms with Crippen LogP contribution in [0.15, 0.2) is 0 Å². The van der Waals surface area contributed by atoms with E-state index in [2.05, 4.69) is 38.2 Å². The summed E-state index contributed by atoms with van der Waals surface area (Å²) in [5, 5.41) is 3.58. The molecule has 15 heavy (non-hydrogen) atoms. The van der Waals surface area contributed by atoms with Crippen LogP contribution in [0.1, 0.15) is 26.7 Å². The molecular formula is C12H26N2O. The first kappa shape index (κ1) is 12.9. The van der Waals surface area contributed by atoms with Gasteiger partial charge in [-0.2, -0.15) is 0 Å². The molecule has 3 heteroatoms. The third kappa shape index (κ3) is 4.49. The van der Waals surface area contributed by atoms with Crippen molar-refractivity contribution in [3.05, 3.63) is 0 Å². The standard InChI is InChI=1S/C12H26N2O/c1-11(2)13-9-12(10-14(3)4)5-7-15-8-6-12/h11,13H,5-10H2,1-4H3. The zero-order chi connectivity index (χ0) is 11.3. The number of hydrogen-bond acceptors (Lipinski definition) is 3. The van der Waals surface area contributed by atoms with E-state index in [0.29, 0.717) is 11.5 Å². The highest BCUT2D eigenvalue weighted by molar-refractivity contribution is 4.86. The van der Waals surface area contributed by atoms with Crippen LogP contribution >= 0.6 is 0 Å². The molecule has 0 aromatic carbocycles. The molecule has 0 radical (unpaired) electrons. The van der Waals surface area contributed by atoms with Gasteiger partial charge in [-0.1, -0.05) is 13.8 Å². The van der Waals surface area contributed by atoms with Crippen LogP contribution in [0, 0.1) is 5.41 Å². The molecule has 0 aliphatic carbocycles. The Labute approximate surface area is 94.2 Å². The van der Waals surface area contributed by atoms with Gasteiger partial charge in [0.1, 0.15) is 0 Å². The zero-order valence-corrected chi connectivity index (χ0v) is 10.7. The van der Waals surface area contributed by atoms with Gasteiger partial charge in [-0.3, -0.25) is 0 Å². The van der Waals surface area contributed by atoms with Crippen LogP contribution in [-0.2, 0) is 4.74 Å². The van der Waals surface area contributed by atoms with Crippen molar-refractivity contribution in [2.24, 2.45) is 5.41 Å². The lowest BCUT2D eigenvalue weighted by Gasteiger charge is -2.40. The van der Waals surface area contributed by atoms with Crippen LogP contribution in [0.25, 0.3) is 0 Å². The van der Waals surface area contributed by atoms with E-state index in [4.69, 9.17) is 4.74 Å². The largest absolute Gasteiger partial charge is 0.381 e. The summed E-state index contributed by atoms with van der Waals surface area (Å²) in [5.41, 5.74) is 0.423. The van der Waals surface area contributed by atoms with E-state index in [1.165, 1.54) is 12.8 Å². The van der Waals surface area contributed by atoms with Crippen molar-refractivity contribution in [2.75, 3.05) is 40.4 Å². The normalized spacial score (nSPS) is 21.2. The van der Waals surface area contributed by atoms with Crippen molar-refractivity contribution in [3.8, 4) is 0 Å². The molecule has 1 heterocycles. The summed E-state index contributed by atoms with van der Waals surface area (Å²) < 4.78 is 5.47. The lowest BCUT2D eigenvalue weighted by molar-refractivity contribution is 0.00176. The Bertz CT molecular complexity index is 174. The third-order valence-corrected chi connectivity index (χ3v) is 3.09. The van der Waals surface area contributed by atoms with Crippen LogP contribution in [0.5, 0.6) is 0 Å². The van der Waals surface area contributed by atoms with E-state index < -0.39 is 0 Å². The van der Waals surface area contributed by atoms with Gasteiger partial charge >= 0.3 is 0 Å². The fraction of sp³-hybridized carbons (Fsp3) is 1.00. The SMILES string of the molecule is CC(C)NCC1(CN(C)C)CCOCC1. The van der Waals surface area contributed by atoms with Crippen LogP contribution < -0.4 is 5.32 Å². The molecule has 0 amide bonds. The van der Waals surface area contributed by atoms with Crippen LogP contribution in [0.2, 0.25) is 0 Å². The summed E-state index contributed by atoms with van der Waals surface area (Å²) >= 11 is 0. The first-order valence-corrected chi connectivity index (χ1v) is 6.00. The summed E-state index contributed by atoms with van der Waals surface area (Å²) in [6.07, 6.45) is 2.37. The predicted octanol–water partition coefficient (Wildman–Crippen LogP) is 1.34. The maximum atomic E-state index is 5.47. The molecule has 0 spiro atoms. The summed E-state index contributed by atoms with van der Waals surface area (Å²) in [6.45, 7) is 8.55. The molecule has 0 aromatic heterocycles. The number of hydrogen-bond donors (Lipinski definition) is 1. The molecule has 90 valence electrons. The lowest BCUT2D eigenvalue weighted by atomic mass is 9.79. The average Bonchev–Trinajstić information content (AvgIpc) is 2.15. The van der Waals surface area contributed by atoms with Crippen molar-refractivity contribution in [2.45, 2.75) is 32.7 Å². The summed E-state index contributed by atoms with van der Waals surface area (Å²) in [7, 11) is 4.32. The minimum atomic E-state index is 0.423. The molecule has 1 N–H and O–H groups in total. The van der Waals surface area contributed by atoms with Crippen molar-refractivity contribution < 1.29 is 4.74 Å². The van der Waals surface area contributed by atoms with Crippen LogP contribution in [0.3, 0.4) is 0 Å². The van der Waals surface area contributed by atoms with Gasteiger partial charge in [0.25, 0.3) is 0 Å². The monoisotopic (exact) mass is 214 g/mol. The minimum Gasteiger partial charge on any atom is -0.381 e. The van der Waals surface area contributed by atoms with E-state index in [1.807, 2.05) is 0 Å². The number of rotatable bonds is 5. The topological polar surface area (TPSA) is 24.5 Å². The molecule has 0 unspecified atom stereocenters. The van der Waals surface area contributed by atoms with Gasteiger partial charge in [0.15, 0.2) is 0 Å². The maximum absolute atomic E-state index is 5.47. The fourth-order valence-electron chi connectivity index (χ4n) is 2.29. The molecular weight excluding hydrogens is 188 g/mol. The second-order valence-electron chi connectivity index (χ2n) is 5.39. The zero-order valence-electron chi connectivity index (χ0n) is 10.7. The van der Waals surface area contributed by atoms with Crippen molar-refractivity contribution in [3.63, 3.8) is 0 Å². The Hall–Kier alpha value is -0.120. The van der Waals surface area contributed by atoms with Gasteiger partial charge in [0.2, 0.25) is 0 Å². The first-order chi connectivity index (χ1) is 7.04. The minimum absolute atomic E-state index is 0.423. The Morgan fingerprint density at radius 3 is 2.33 bits per heavy atom. The van der Waals surface area contributed by atoms with E-state index in [1.54, 1.807) is 0 Å². The average molecular weight is 214 g/mol. The van der Waals surface area contributed by atoms with Gasteiger partial charge in [0.05, 0.1) is 0 Å². The van der Waals surface area contributed by atoms with Crippen LogP contribution in [-0.4, -0.2) is 51.3 Å². The van der Waals surface area contributed by atoms with E-state index in [-0.39, 0.29) is 0 Å². The van der Waals surface area contributed by atoms with E-state index in [0.717, 1.165) is 26.3 Å². The number of nitrogens with one attached hydrogen (secondary N) is 1. The third-order valence-electron chi connectivity index (χ3n) is 3.09. The van der Waals surface area contributed by atoms with Gasteiger partial charge in [-0.15, -0.1) is 0 Å². The number of ether oxygens (including phenoxy) is 1. The van der Waals surface area contributed by atoms with E-state index in [9.17, 15) is 0 Å². The van der Waals surface area contributed by atoms with Crippen LogP contribution in [0.4, 0.5) is 0 Å². The highest BCUT2D eigenvalue weighted by Gasteiger charge is 2.32. The van der Waals surface area contributed by atoms with E-state index >= 15 is 0 Å². The fourth-order valence-corrected chi connectivity index (χ4v) is 2.29. The Kier molecular flexibility index (Phi) is 5.03. The highest BCUT2D eigenvalue weighted by Crippen LogP contribution is 2.30. The molecule has 1 saturated heterocycles. The molecule has 3 nitrogen and oxygen atoms in total. The molecule has 0 atom stereocenters. The quantitative estimate of drug-likeness (QED) is 0.747. The second kappa shape index (κ2) is 5.83. The molecule has 1 rings (SSSR count). The van der Waals surface area contributed by atoms with Crippen molar-refractivity contribution >= 4 is 0 Å². The highest BCUT2D eigenvalue weighted by atomic mass is 16.5. The summed E-state index contributed by atoms with van der Waals surface area (Å²) in [4.78, 5) is 2.30.